The van der Waals surface area contributed by atoms with Gasteiger partial charge in [-0.25, -0.2) is 0 Å². The van der Waals surface area contributed by atoms with E-state index in [1.807, 2.05) is 0 Å². The Kier molecular flexibility index (Phi) is 8.65. The number of benzene rings is 2. The lowest BCUT2D eigenvalue weighted by Gasteiger charge is -2.47. The van der Waals surface area contributed by atoms with Gasteiger partial charge in [0.2, 0.25) is 0 Å². The van der Waals surface area contributed by atoms with E-state index in [1.165, 1.54) is 87.4 Å². The summed E-state index contributed by atoms with van der Waals surface area (Å²) in [4.78, 5) is 5.80. The smallest absolute Gasteiger partial charge is 0.0591 e. The number of hydrogen-bond acceptors (Lipinski definition) is 2. The number of allylic oxidation sites excluding steroid dienone is 14. The lowest BCUT2D eigenvalue weighted by molar-refractivity contribution is 0.0735. The van der Waals surface area contributed by atoms with Crippen LogP contribution in [0.2, 0.25) is 0 Å². The Labute approximate surface area is 347 Å². The van der Waals surface area contributed by atoms with E-state index in [1.54, 1.807) is 28.0 Å². The van der Waals surface area contributed by atoms with Crippen molar-refractivity contribution in [1.82, 2.24) is 4.90 Å². The molecule has 10 aliphatic rings. The summed E-state index contributed by atoms with van der Waals surface area (Å²) in [5, 5.41) is 0. The Hall–Kier alpha value is -4.40. The molecule has 0 spiro atoms. The fraction of sp³-hybridized carbons (Fsp3) is 0.429. The molecule has 0 amide bonds. The fourth-order valence-electron chi connectivity index (χ4n) is 13.6. The molecule has 2 fully saturated rings. The monoisotopic (exact) mass is 760 g/mol. The van der Waals surface area contributed by atoms with Crippen LogP contribution >= 0.6 is 0 Å². The molecule has 12 atom stereocenters. The van der Waals surface area contributed by atoms with E-state index in [0.29, 0.717) is 65.5 Å². The Morgan fingerprint density at radius 1 is 0.672 bits per heavy atom. The van der Waals surface area contributed by atoms with Crippen molar-refractivity contribution in [2.45, 2.75) is 113 Å². The molecule has 2 aromatic rings. The molecule has 2 aliphatic heterocycles. The largest absolute Gasteiger partial charge is 0.338 e. The minimum Gasteiger partial charge on any atom is -0.338 e. The van der Waals surface area contributed by atoms with Gasteiger partial charge in [-0.2, -0.15) is 0 Å². The van der Waals surface area contributed by atoms with Crippen LogP contribution in [0.1, 0.15) is 106 Å². The zero-order chi connectivity index (χ0) is 38.4. The Morgan fingerprint density at radius 2 is 1.53 bits per heavy atom. The van der Waals surface area contributed by atoms with E-state index >= 15 is 0 Å². The molecule has 0 radical (unpaired) electrons. The second-order valence-corrected chi connectivity index (χ2v) is 19.8. The highest BCUT2D eigenvalue weighted by molar-refractivity contribution is 5.75. The van der Waals surface area contributed by atoms with E-state index in [9.17, 15) is 0 Å². The first kappa shape index (κ1) is 35.5. The zero-order valence-corrected chi connectivity index (χ0v) is 34.4. The molecule has 10 unspecified atom stereocenters. The van der Waals surface area contributed by atoms with Crippen molar-refractivity contribution in [1.29, 1.82) is 0 Å². The molecule has 2 aromatic carbocycles. The van der Waals surface area contributed by atoms with E-state index in [-0.39, 0.29) is 5.54 Å². The average Bonchev–Trinajstić information content (AvgIpc) is 3.89. The van der Waals surface area contributed by atoms with Crippen molar-refractivity contribution in [2.75, 3.05) is 4.90 Å². The number of likely N-dealkylation sites (tertiary alicyclic amines) is 1. The molecule has 12 rings (SSSR count). The van der Waals surface area contributed by atoms with E-state index < -0.39 is 0 Å². The Balaban J connectivity index is 0.844. The highest BCUT2D eigenvalue weighted by atomic mass is 15.3. The third-order valence-electron chi connectivity index (χ3n) is 16.7. The Morgan fingerprint density at radius 3 is 2.36 bits per heavy atom. The van der Waals surface area contributed by atoms with Crippen molar-refractivity contribution in [3.05, 3.63) is 179 Å². The lowest BCUT2D eigenvalue weighted by atomic mass is 9.70. The molecule has 2 saturated heterocycles. The molecule has 58 heavy (non-hydrogen) atoms. The highest BCUT2D eigenvalue weighted by Gasteiger charge is 2.54. The molecule has 0 N–H and O–H groups in total. The normalized spacial score (nSPS) is 39.2. The van der Waals surface area contributed by atoms with Gasteiger partial charge < -0.3 is 4.90 Å². The standard InChI is InChI=1S/C56H60N2/c1-56(28-26-39(27-29-56)37-12-4-2-5-13-37)58-54-19-11-9-17-49(54)51-36-43(23-25-55(51)58)42-22-24-53-50(35-42)48-16-8-10-18-52(48)57(53)47-33-45(38-14-6-3-7-15-38)32-46(34-47)41-21-20-40-30-44(40)31-41/h2-6,8-13,16-19,24,26,28,30-34,36,38-39,42,44,48-52,54-55H,7,14-15,20-23,25,27,29,35H2,1H3/t38-,39?,42?,44-,48?,49?,50?,51?,52?,54?,55?,56?/m1/s1. The van der Waals surface area contributed by atoms with Gasteiger partial charge in [-0.05, 0) is 124 Å². The van der Waals surface area contributed by atoms with Gasteiger partial charge >= 0.3 is 0 Å². The number of nitrogens with zero attached hydrogens (tertiary/aromatic N) is 2. The molecule has 2 heteroatoms. The van der Waals surface area contributed by atoms with Crippen molar-refractivity contribution >= 4 is 11.3 Å². The minimum absolute atomic E-state index is 0.0935. The summed E-state index contributed by atoms with van der Waals surface area (Å²) >= 11 is 0. The maximum absolute atomic E-state index is 2.99. The summed E-state index contributed by atoms with van der Waals surface area (Å²) in [5.74, 6) is 4.68. The summed E-state index contributed by atoms with van der Waals surface area (Å²) in [6.45, 7) is 2.55. The average molecular weight is 761 g/mol. The molecule has 0 aromatic heterocycles. The topological polar surface area (TPSA) is 6.48 Å². The zero-order valence-electron chi connectivity index (χ0n) is 34.4. The molecule has 2 heterocycles. The van der Waals surface area contributed by atoms with Gasteiger partial charge in [-0.15, -0.1) is 0 Å². The van der Waals surface area contributed by atoms with Gasteiger partial charge in [0.05, 0.1) is 6.04 Å². The molecule has 0 bridgehead atoms. The van der Waals surface area contributed by atoms with Crippen LogP contribution in [-0.4, -0.2) is 28.6 Å². The van der Waals surface area contributed by atoms with E-state index in [0.717, 1.165) is 0 Å². The summed E-state index contributed by atoms with van der Waals surface area (Å²) in [7, 11) is 0. The fourth-order valence-corrected chi connectivity index (χ4v) is 13.6. The first-order chi connectivity index (χ1) is 28.6. The maximum Gasteiger partial charge on any atom is 0.0591 e. The van der Waals surface area contributed by atoms with Crippen LogP contribution in [0.3, 0.4) is 0 Å². The van der Waals surface area contributed by atoms with Crippen LogP contribution in [0.15, 0.2) is 163 Å². The van der Waals surface area contributed by atoms with Gasteiger partial charge in [-0.1, -0.05) is 145 Å². The van der Waals surface area contributed by atoms with Crippen molar-refractivity contribution in [3.63, 3.8) is 0 Å². The molecule has 0 saturated carbocycles. The van der Waals surface area contributed by atoms with Crippen LogP contribution in [0, 0.1) is 35.5 Å². The molecule has 2 nitrogen and oxygen atoms in total. The predicted molar refractivity (Wildman–Crippen MR) is 241 cm³/mol. The van der Waals surface area contributed by atoms with Crippen molar-refractivity contribution in [3.8, 4) is 0 Å². The molecular weight excluding hydrogens is 701 g/mol. The SMILES string of the molecule is CC1(N2C3C=CC=CC3C3C=C(C4CC=C5C(C4)C4C=CC=CC4N5c4cc(C5=C[C@H]6C=C6CC5)cc([C@@H]5CC=CCC5)c4)CCC32)C=CC(c2ccccc2)CC1. The second-order valence-electron chi connectivity index (χ2n) is 19.8. The van der Waals surface area contributed by atoms with Gasteiger partial charge in [0, 0.05) is 64.5 Å². The third kappa shape index (κ3) is 5.98. The predicted octanol–water partition coefficient (Wildman–Crippen LogP) is 13.1. The summed E-state index contributed by atoms with van der Waals surface area (Å²) in [6, 6.07) is 20.4. The molecule has 8 aliphatic carbocycles. The minimum atomic E-state index is 0.0935. The van der Waals surface area contributed by atoms with Crippen LogP contribution in [0.4, 0.5) is 5.69 Å². The number of hydrogen-bond donors (Lipinski definition) is 0. The second kappa shape index (κ2) is 14.1. The van der Waals surface area contributed by atoms with E-state index in [2.05, 4.69) is 162 Å². The number of fused-ring (bicyclic) bond motifs is 7. The highest BCUT2D eigenvalue weighted by Crippen LogP contribution is 2.55. The molecular formula is C56H60N2. The number of rotatable bonds is 6. The van der Waals surface area contributed by atoms with Gasteiger partial charge in [-0.3, -0.25) is 4.90 Å². The molecule has 294 valence electrons. The van der Waals surface area contributed by atoms with Crippen LogP contribution in [0.25, 0.3) is 5.57 Å². The van der Waals surface area contributed by atoms with Gasteiger partial charge in [0.25, 0.3) is 0 Å². The van der Waals surface area contributed by atoms with Crippen LogP contribution < -0.4 is 4.90 Å². The summed E-state index contributed by atoms with van der Waals surface area (Å²) in [5.41, 5.74) is 12.6. The summed E-state index contributed by atoms with van der Waals surface area (Å²) in [6.07, 6.45) is 53.6. The maximum atomic E-state index is 2.99. The van der Waals surface area contributed by atoms with E-state index in [4.69, 9.17) is 0 Å². The quantitative estimate of drug-likeness (QED) is 0.271. The lowest BCUT2D eigenvalue weighted by Crippen LogP contribution is -2.53. The summed E-state index contributed by atoms with van der Waals surface area (Å²) < 4.78 is 0. The van der Waals surface area contributed by atoms with Crippen LogP contribution in [-0.2, 0) is 0 Å². The van der Waals surface area contributed by atoms with Gasteiger partial charge in [0.1, 0.15) is 0 Å². The number of anilines is 1. The van der Waals surface area contributed by atoms with Gasteiger partial charge in [0.15, 0.2) is 0 Å². The van der Waals surface area contributed by atoms with Crippen LogP contribution in [0.5, 0.6) is 0 Å². The first-order valence-electron chi connectivity index (χ1n) is 23.2. The Bertz CT molecular complexity index is 2290. The first-order valence-corrected chi connectivity index (χ1v) is 23.2. The van der Waals surface area contributed by atoms with Crippen molar-refractivity contribution < 1.29 is 0 Å². The third-order valence-corrected chi connectivity index (χ3v) is 16.7. The van der Waals surface area contributed by atoms with Crippen molar-refractivity contribution in [2.24, 2.45) is 35.5 Å².